The first kappa shape index (κ1) is 17.0. The molecule has 2 aromatic heterocycles. The first-order valence-corrected chi connectivity index (χ1v) is 8.38. The predicted molar refractivity (Wildman–Crippen MR) is 90.6 cm³/mol. The lowest BCUT2D eigenvalue weighted by Crippen LogP contribution is -2.41. The number of halogens is 2. The summed E-state index contributed by atoms with van der Waals surface area (Å²) >= 11 is 12.2. The molecule has 24 heavy (non-hydrogen) atoms. The number of aryl methyl sites for hydroxylation is 1. The highest BCUT2D eigenvalue weighted by Gasteiger charge is 2.30. The van der Waals surface area contributed by atoms with Gasteiger partial charge in [0.25, 0.3) is 5.91 Å². The summed E-state index contributed by atoms with van der Waals surface area (Å²) in [5, 5.41) is 0.831. The fourth-order valence-electron chi connectivity index (χ4n) is 3.08. The largest absolute Gasteiger partial charge is 0.469 e. The quantitative estimate of drug-likeness (QED) is 0.763. The summed E-state index contributed by atoms with van der Waals surface area (Å²) < 4.78 is 6.41. The van der Waals surface area contributed by atoms with Crippen LogP contribution in [0.1, 0.15) is 29.0 Å². The first-order valence-electron chi connectivity index (χ1n) is 7.63. The van der Waals surface area contributed by atoms with Gasteiger partial charge in [-0.15, -0.1) is 0 Å². The molecule has 0 aliphatic carbocycles. The molecule has 1 aliphatic heterocycles. The van der Waals surface area contributed by atoms with Crippen LogP contribution in [0.4, 0.5) is 0 Å². The fourth-order valence-corrected chi connectivity index (χ4v) is 3.59. The van der Waals surface area contributed by atoms with Gasteiger partial charge in [0.05, 0.1) is 28.8 Å². The van der Waals surface area contributed by atoms with Crippen LogP contribution in [0.2, 0.25) is 10.0 Å². The van der Waals surface area contributed by atoms with E-state index in [0.717, 1.165) is 0 Å². The number of aromatic nitrogens is 2. The maximum Gasteiger partial charge on any atom is 0.308 e. The van der Waals surface area contributed by atoms with Crippen LogP contribution in [0.3, 0.4) is 0 Å². The number of ether oxygens (including phenoxy) is 1. The maximum absolute atomic E-state index is 12.9. The summed E-state index contributed by atoms with van der Waals surface area (Å²) in [6.45, 7) is 2.77. The number of piperidine rings is 1. The number of amides is 1. The third kappa shape index (κ3) is 2.96. The molecule has 0 atom stereocenters. The van der Waals surface area contributed by atoms with Crippen LogP contribution in [0.5, 0.6) is 0 Å². The summed E-state index contributed by atoms with van der Waals surface area (Å²) in [5.74, 6) is -0.500. The molecule has 0 N–H and O–H groups in total. The van der Waals surface area contributed by atoms with E-state index in [2.05, 4.69) is 4.98 Å². The Morgan fingerprint density at radius 1 is 1.29 bits per heavy atom. The second-order valence-electron chi connectivity index (χ2n) is 5.84. The lowest BCUT2D eigenvalue weighted by atomic mass is 9.97. The van der Waals surface area contributed by atoms with E-state index in [0.29, 0.717) is 53.0 Å². The van der Waals surface area contributed by atoms with Crippen LogP contribution in [-0.4, -0.2) is 46.4 Å². The number of fused-ring (bicyclic) bond motifs is 1. The van der Waals surface area contributed by atoms with Crippen molar-refractivity contribution in [1.82, 2.24) is 14.3 Å². The zero-order chi connectivity index (χ0) is 17.4. The van der Waals surface area contributed by atoms with Crippen molar-refractivity contribution in [3.05, 3.63) is 33.7 Å². The minimum atomic E-state index is -0.216. The number of rotatable bonds is 2. The van der Waals surface area contributed by atoms with Gasteiger partial charge in [-0.05, 0) is 25.8 Å². The van der Waals surface area contributed by atoms with Gasteiger partial charge in [0.2, 0.25) is 0 Å². The molecule has 1 fully saturated rings. The van der Waals surface area contributed by atoms with E-state index in [1.54, 1.807) is 28.5 Å². The number of methoxy groups -OCH3 is 1. The van der Waals surface area contributed by atoms with Crippen LogP contribution in [0.15, 0.2) is 12.3 Å². The number of carbonyl (C=O) groups excluding carboxylic acids is 2. The molecule has 6 nitrogen and oxygen atoms in total. The van der Waals surface area contributed by atoms with Crippen LogP contribution in [0.25, 0.3) is 5.65 Å². The Labute approximate surface area is 149 Å². The number of imidazole rings is 1. The minimum absolute atomic E-state index is 0.137. The van der Waals surface area contributed by atoms with Crippen molar-refractivity contribution < 1.29 is 14.3 Å². The molecule has 2 aromatic rings. The first-order chi connectivity index (χ1) is 11.4. The van der Waals surface area contributed by atoms with Crippen molar-refractivity contribution in [3.8, 4) is 0 Å². The molecular weight excluding hydrogens is 353 g/mol. The Balaban J connectivity index is 1.88. The van der Waals surface area contributed by atoms with Crippen LogP contribution in [0, 0.1) is 12.8 Å². The third-order valence-corrected chi connectivity index (χ3v) is 4.82. The monoisotopic (exact) mass is 369 g/mol. The minimum Gasteiger partial charge on any atom is -0.469 e. The highest BCUT2D eigenvalue weighted by Crippen LogP contribution is 2.26. The molecule has 1 aliphatic rings. The average Bonchev–Trinajstić information content (AvgIpc) is 2.90. The van der Waals surface area contributed by atoms with E-state index >= 15 is 0 Å². The van der Waals surface area contributed by atoms with E-state index < -0.39 is 0 Å². The molecule has 0 radical (unpaired) electrons. The number of nitrogens with zero attached hydrogens (tertiary/aromatic N) is 3. The summed E-state index contributed by atoms with van der Waals surface area (Å²) in [7, 11) is 1.38. The Morgan fingerprint density at radius 2 is 1.96 bits per heavy atom. The standard InChI is InChI=1S/C16H17Cl2N3O3/c1-9-13(21-8-11(17)7-12(18)14(21)19-9)15(22)20-5-3-10(4-6-20)16(23)24-2/h7-8,10H,3-6H2,1-2H3. The van der Waals surface area contributed by atoms with Crippen molar-refractivity contribution in [3.63, 3.8) is 0 Å². The van der Waals surface area contributed by atoms with E-state index in [1.165, 1.54) is 7.11 Å². The van der Waals surface area contributed by atoms with Gasteiger partial charge < -0.3 is 9.64 Å². The number of carbonyl (C=O) groups is 2. The van der Waals surface area contributed by atoms with E-state index in [1.807, 2.05) is 0 Å². The van der Waals surface area contributed by atoms with Crippen molar-refractivity contribution in [2.45, 2.75) is 19.8 Å². The summed E-state index contributed by atoms with van der Waals surface area (Å²) in [5.41, 5.74) is 1.55. The van der Waals surface area contributed by atoms with E-state index in [-0.39, 0.29) is 17.8 Å². The summed E-state index contributed by atoms with van der Waals surface area (Å²) in [6, 6.07) is 1.60. The summed E-state index contributed by atoms with van der Waals surface area (Å²) in [6.07, 6.45) is 2.82. The van der Waals surface area contributed by atoms with Crippen LogP contribution in [-0.2, 0) is 9.53 Å². The highest BCUT2D eigenvalue weighted by atomic mass is 35.5. The Bertz CT molecular complexity index is 810. The molecule has 3 rings (SSSR count). The lowest BCUT2D eigenvalue weighted by Gasteiger charge is -2.30. The third-order valence-electron chi connectivity index (χ3n) is 4.34. The molecule has 128 valence electrons. The highest BCUT2D eigenvalue weighted by molar-refractivity contribution is 6.36. The SMILES string of the molecule is COC(=O)C1CCN(C(=O)c2c(C)nc3c(Cl)cc(Cl)cn23)CC1. The molecule has 0 aromatic carbocycles. The van der Waals surface area contributed by atoms with E-state index in [9.17, 15) is 9.59 Å². The van der Waals surface area contributed by atoms with Gasteiger partial charge in [0.1, 0.15) is 5.69 Å². The second-order valence-corrected chi connectivity index (χ2v) is 6.68. The number of esters is 1. The van der Waals surface area contributed by atoms with Crippen molar-refractivity contribution in [2.75, 3.05) is 20.2 Å². The topological polar surface area (TPSA) is 63.9 Å². The maximum atomic E-state index is 12.9. The average molecular weight is 370 g/mol. The molecule has 0 spiro atoms. The van der Waals surface area contributed by atoms with Gasteiger partial charge >= 0.3 is 5.97 Å². The smallest absolute Gasteiger partial charge is 0.308 e. The Morgan fingerprint density at radius 3 is 2.58 bits per heavy atom. The number of hydrogen-bond donors (Lipinski definition) is 0. The molecule has 1 saturated heterocycles. The normalized spacial score (nSPS) is 15.8. The van der Waals surface area contributed by atoms with Gasteiger partial charge in [0, 0.05) is 19.3 Å². The number of hydrogen-bond acceptors (Lipinski definition) is 4. The van der Waals surface area contributed by atoms with E-state index in [4.69, 9.17) is 27.9 Å². The van der Waals surface area contributed by atoms with Gasteiger partial charge in [-0.1, -0.05) is 23.2 Å². The molecule has 3 heterocycles. The lowest BCUT2D eigenvalue weighted by molar-refractivity contribution is -0.146. The molecular formula is C16H17Cl2N3O3. The van der Waals surface area contributed by atoms with Gasteiger partial charge in [-0.2, -0.15) is 0 Å². The van der Waals surface area contributed by atoms with Crippen molar-refractivity contribution >= 4 is 40.7 Å². The molecule has 0 bridgehead atoms. The zero-order valence-electron chi connectivity index (χ0n) is 13.4. The predicted octanol–water partition coefficient (Wildman–Crippen LogP) is 2.97. The number of likely N-dealkylation sites (tertiary alicyclic amines) is 1. The number of pyridine rings is 1. The Kier molecular flexibility index (Phi) is 4.69. The molecule has 0 saturated carbocycles. The zero-order valence-corrected chi connectivity index (χ0v) is 14.9. The molecule has 1 amide bonds. The molecule has 8 heteroatoms. The van der Waals surface area contributed by atoms with Crippen molar-refractivity contribution in [2.24, 2.45) is 5.92 Å². The van der Waals surface area contributed by atoms with Gasteiger partial charge in [-0.3, -0.25) is 14.0 Å². The van der Waals surface area contributed by atoms with Crippen molar-refractivity contribution in [1.29, 1.82) is 0 Å². The van der Waals surface area contributed by atoms with Gasteiger partial charge in [-0.25, -0.2) is 4.98 Å². The summed E-state index contributed by atoms with van der Waals surface area (Å²) in [4.78, 5) is 30.6. The van der Waals surface area contributed by atoms with Crippen LogP contribution >= 0.6 is 23.2 Å². The Hall–Kier alpha value is -1.79. The fraction of sp³-hybridized carbons (Fsp3) is 0.438. The molecule has 0 unspecified atom stereocenters. The van der Waals surface area contributed by atoms with Gasteiger partial charge in [0.15, 0.2) is 5.65 Å². The van der Waals surface area contributed by atoms with Crippen LogP contribution < -0.4 is 0 Å². The second kappa shape index (κ2) is 6.61.